The van der Waals surface area contributed by atoms with Gasteiger partial charge in [0.25, 0.3) is 0 Å². The topological polar surface area (TPSA) is 20.2 Å². The summed E-state index contributed by atoms with van der Waals surface area (Å²) in [5, 5.41) is 15.1. The Kier molecular flexibility index (Phi) is 3.38. The van der Waals surface area contributed by atoms with E-state index in [0.717, 1.165) is 45.7 Å². The summed E-state index contributed by atoms with van der Waals surface area (Å²) in [6.07, 6.45) is 2.43. The van der Waals surface area contributed by atoms with Crippen LogP contribution in [0.2, 0.25) is 0 Å². The van der Waals surface area contributed by atoms with Crippen molar-refractivity contribution >= 4 is 21.5 Å². The van der Waals surface area contributed by atoms with Crippen molar-refractivity contribution in [2.45, 2.75) is 24.9 Å². The second-order valence-corrected chi connectivity index (χ2v) is 7.17. The van der Waals surface area contributed by atoms with Crippen LogP contribution in [-0.4, -0.2) is 5.11 Å². The van der Waals surface area contributed by atoms with E-state index in [1.54, 1.807) is 6.07 Å². The lowest BCUT2D eigenvalue weighted by Crippen LogP contribution is -2.32. The fourth-order valence-electron chi connectivity index (χ4n) is 4.52. The quantitative estimate of drug-likeness (QED) is 0.440. The first-order valence-electron chi connectivity index (χ1n) is 9.10. The monoisotopic (exact) mass is 342 g/mol. The number of hydrogen-bond acceptors (Lipinski definition) is 1. The van der Waals surface area contributed by atoms with Crippen LogP contribution in [0.4, 0.5) is 4.39 Å². The molecule has 0 bridgehead atoms. The molecule has 5 rings (SSSR count). The number of fused-ring (bicyclic) bond motifs is 5. The van der Waals surface area contributed by atoms with Gasteiger partial charge in [-0.1, -0.05) is 66.7 Å². The maximum atomic E-state index is 14.7. The van der Waals surface area contributed by atoms with Gasteiger partial charge >= 0.3 is 0 Å². The van der Waals surface area contributed by atoms with E-state index in [2.05, 4.69) is 0 Å². The molecule has 1 N–H and O–H groups in total. The van der Waals surface area contributed by atoms with E-state index in [9.17, 15) is 9.50 Å². The van der Waals surface area contributed by atoms with Gasteiger partial charge in [-0.2, -0.15) is 0 Å². The standard InChI is InChI=1S/C24H19FO/c25-23-15-21-18(17-9-4-5-10-20(17)23)12-13-22-19(21)11-6-14-24(22,26)16-7-2-1-3-8-16/h1-5,7-10,12-13,15,26H,6,11,14H2. The Balaban J connectivity index is 1.84. The van der Waals surface area contributed by atoms with Crippen LogP contribution in [0.5, 0.6) is 0 Å². The molecule has 0 amide bonds. The molecule has 1 nitrogen and oxygen atoms in total. The first kappa shape index (κ1) is 15.5. The third-order valence-electron chi connectivity index (χ3n) is 5.76. The number of rotatable bonds is 1. The van der Waals surface area contributed by atoms with E-state index in [1.165, 1.54) is 0 Å². The van der Waals surface area contributed by atoms with Crippen LogP contribution in [0.3, 0.4) is 0 Å². The van der Waals surface area contributed by atoms with Gasteiger partial charge in [0.2, 0.25) is 0 Å². The van der Waals surface area contributed by atoms with Crippen LogP contribution >= 0.6 is 0 Å². The number of aryl methyl sites for hydroxylation is 1. The van der Waals surface area contributed by atoms with Crippen molar-refractivity contribution in [1.29, 1.82) is 0 Å². The summed E-state index contributed by atoms with van der Waals surface area (Å²) in [5.41, 5.74) is 1.88. The van der Waals surface area contributed by atoms with Gasteiger partial charge in [0.05, 0.1) is 0 Å². The predicted octanol–water partition coefficient (Wildman–Crippen LogP) is 5.70. The molecule has 4 aromatic rings. The van der Waals surface area contributed by atoms with Crippen LogP contribution in [0.15, 0.2) is 72.8 Å². The Labute approximate surface area is 151 Å². The zero-order chi connectivity index (χ0) is 17.7. The van der Waals surface area contributed by atoms with Gasteiger partial charge < -0.3 is 5.11 Å². The Morgan fingerprint density at radius 3 is 2.27 bits per heavy atom. The molecule has 1 aliphatic rings. The lowest BCUT2D eigenvalue weighted by Gasteiger charge is -2.36. The molecule has 128 valence electrons. The summed E-state index contributed by atoms with van der Waals surface area (Å²) < 4.78 is 14.7. The van der Waals surface area contributed by atoms with Crippen LogP contribution in [0, 0.1) is 5.82 Å². The van der Waals surface area contributed by atoms with Gasteiger partial charge in [0, 0.05) is 5.39 Å². The van der Waals surface area contributed by atoms with Gasteiger partial charge in [-0.3, -0.25) is 0 Å². The van der Waals surface area contributed by atoms with Crippen LogP contribution in [0.25, 0.3) is 21.5 Å². The van der Waals surface area contributed by atoms with E-state index < -0.39 is 5.60 Å². The summed E-state index contributed by atoms with van der Waals surface area (Å²) in [5.74, 6) is -0.199. The minimum atomic E-state index is -1.01. The molecule has 0 radical (unpaired) electrons. The molecule has 0 aromatic heterocycles. The number of aliphatic hydroxyl groups is 1. The second kappa shape index (κ2) is 5.65. The first-order chi connectivity index (χ1) is 12.7. The van der Waals surface area contributed by atoms with Crippen LogP contribution in [0.1, 0.15) is 29.5 Å². The van der Waals surface area contributed by atoms with Crippen molar-refractivity contribution in [2.24, 2.45) is 0 Å². The van der Waals surface area contributed by atoms with E-state index >= 15 is 0 Å². The van der Waals surface area contributed by atoms with Gasteiger partial charge in [-0.15, -0.1) is 0 Å². The highest BCUT2D eigenvalue weighted by atomic mass is 19.1. The largest absolute Gasteiger partial charge is 0.380 e. The maximum absolute atomic E-state index is 14.7. The van der Waals surface area contributed by atoms with Crippen molar-refractivity contribution in [3.63, 3.8) is 0 Å². The van der Waals surface area contributed by atoms with Gasteiger partial charge in [-0.05, 0) is 58.2 Å². The normalized spacial score (nSPS) is 19.6. The fraction of sp³-hybridized carbons (Fsp3) is 0.167. The Hall–Kier alpha value is -2.71. The van der Waals surface area contributed by atoms with Gasteiger partial charge in [0.15, 0.2) is 0 Å². The second-order valence-electron chi connectivity index (χ2n) is 7.17. The lowest BCUT2D eigenvalue weighted by molar-refractivity contribution is 0.0619. The average molecular weight is 342 g/mol. The third-order valence-corrected chi connectivity index (χ3v) is 5.76. The minimum Gasteiger partial charge on any atom is -0.380 e. The molecule has 0 fully saturated rings. The van der Waals surface area contributed by atoms with E-state index in [-0.39, 0.29) is 5.82 Å². The molecule has 1 unspecified atom stereocenters. The Morgan fingerprint density at radius 1 is 0.769 bits per heavy atom. The molecule has 26 heavy (non-hydrogen) atoms. The summed E-state index contributed by atoms with van der Waals surface area (Å²) in [4.78, 5) is 0. The number of benzene rings is 4. The molecular weight excluding hydrogens is 323 g/mol. The third kappa shape index (κ3) is 2.12. The Bertz CT molecular complexity index is 1130. The van der Waals surface area contributed by atoms with Crippen LogP contribution in [-0.2, 0) is 12.0 Å². The molecular formula is C24H19FO. The summed E-state index contributed by atoms with van der Waals surface area (Å²) in [6, 6.07) is 23.1. The predicted molar refractivity (Wildman–Crippen MR) is 104 cm³/mol. The SMILES string of the molecule is OC1(c2ccccc2)CCCc2c1ccc1c2cc(F)c2ccccc21. The number of hydrogen-bond donors (Lipinski definition) is 1. The zero-order valence-corrected chi connectivity index (χ0v) is 14.4. The molecule has 1 atom stereocenters. The summed E-state index contributed by atoms with van der Waals surface area (Å²) in [7, 11) is 0. The highest BCUT2D eigenvalue weighted by Crippen LogP contribution is 2.44. The highest BCUT2D eigenvalue weighted by Gasteiger charge is 2.36. The zero-order valence-electron chi connectivity index (χ0n) is 14.4. The summed E-state index contributed by atoms with van der Waals surface area (Å²) in [6.45, 7) is 0. The van der Waals surface area contributed by atoms with Crippen molar-refractivity contribution in [3.05, 3.63) is 95.3 Å². The minimum absolute atomic E-state index is 0.199. The van der Waals surface area contributed by atoms with Crippen molar-refractivity contribution in [3.8, 4) is 0 Å². The van der Waals surface area contributed by atoms with E-state index in [1.807, 2.05) is 66.7 Å². The van der Waals surface area contributed by atoms with Gasteiger partial charge in [0.1, 0.15) is 11.4 Å². The molecule has 0 spiro atoms. The molecule has 0 heterocycles. The maximum Gasteiger partial charge on any atom is 0.131 e. The van der Waals surface area contributed by atoms with Crippen molar-refractivity contribution < 1.29 is 9.50 Å². The average Bonchev–Trinajstić information content (AvgIpc) is 2.69. The molecule has 0 saturated heterocycles. The summed E-state index contributed by atoms with van der Waals surface area (Å²) >= 11 is 0. The van der Waals surface area contributed by atoms with Crippen molar-refractivity contribution in [2.75, 3.05) is 0 Å². The fourth-order valence-corrected chi connectivity index (χ4v) is 4.52. The highest BCUT2D eigenvalue weighted by molar-refractivity contribution is 6.09. The lowest BCUT2D eigenvalue weighted by atomic mass is 9.73. The molecule has 0 saturated carbocycles. The molecule has 0 aliphatic heterocycles. The molecule has 4 aromatic carbocycles. The van der Waals surface area contributed by atoms with Crippen molar-refractivity contribution in [1.82, 2.24) is 0 Å². The Morgan fingerprint density at radius 2 is 1.46 bits per heavy atom. The van der Waals surface area contributed by atoms with Gasteiger partial charge in [-0.25, -0.2) is 4.39 Å². The molecule has 1 aliphatic carbocycles. The van der Waals surface area contributed by atoms with Crippen LogP contribution < -0.4 is 0 Å². The number of halogens is 1. The molecule has 2 heteroatoms. The van der Waals surface area contributed by atoms with E-state index in [4.69, 9.17) is 0 Å². The van der Waals surface area contributed by atoms with E-state index in [0.29, 0.717) is 11.8 Å². The smallest absolute Gasteiger partial charge is 0.131 e. The first-order valence-corrected chi connectivity index (χ1v) is 9.10.